The van der Waals surface area contributed by atoms with Gasteiger partial charge in [0.25, 0.3) is 10.0 Å². The maximum atomic E-state index is 15.3. The van der Waals surface area contributed by atoms with E-state index < -0.39 is 43.3 Å². The minimum atomic E-state index is -4.74. The first-order valence-electron chi connectivity index (χ1n) is 12.0. The predicted octanol–water partition coefficient (Wildman–Crippen LogP) is 4.94. The van der Waals surface area contributed by atoms with Gasteiger partial charge in [-0.1, -0.05) is 17.7 Å². The Labute approximate surface area is 207 Å². The van der Waals surface area contributed by atoms with E-state index in [-0.39, 0.29) is 11.1 Å². The number of benzene rings is 1. The van der Waals surface area contributed by atoms with Crippen LogP contribution in [0.2, 0.25) is 5.02 Å². The number of rotatable bonds is 5. The molecule has 0 amide bonds. The van der Waals surface area contributed by atoms with Crippen molar-refractivity contribution in [2.45, 2.75) is 61.4 Å². The lowest BCUT2D eigenvalue weighted by molar-refractivity contribution is -0.0251. The molecule has 2 aliphatic carbocycles. The molecule has 2 spiro atoms. The van der Waals surface area contributed by atoms with Gasteiger partial charge in [-0.3, -0.25) is 9.62 Å². The lowest BCUT2D eigenvalue weighted by Gasteiger charge is -2.53. The zero-order valence-electron chi connectivity index (χ0n) is 19.0. The summed E-state index contributed by atoms with van der Waals surface area (Å²) in [4.78, 5) is 6.76. The summed E-state index contributed by atoms with van der Waals surface area (Å²) in [5.74, 6) is -3.95. The highest BCUT2D eigenvalue weighted by atomic mass is 35.5. The molecule has 1 N–H and O–H groups in total. The Kier molecular flexibility index (Phi) is 5.33. The third-order valence-electron chi connectivity index (χ3n) is 8.52. The van der Waals surface area contributed by atoms with E-state index in [4.69, 9.17) is 11.6 Å². The van der Waals surface area contributed by atoms with Crippen molar-refractivity contribution in [3.63, 3.8) is 0 Å². The molecule has 2 saturated heterocycles. The quantitative estimate of drug-likeness (QED) is 0.441. The zero-order valence-corrected chi connectivity index (χ0v) is 20.6. The van der Waals surface area contributed by atoms with E-state index in [1.54, 1.807) is 0 Å². The average molecular weight is 527 g/mol. The summed E-state index contributed by atoms with van der Waals surface area (Å²) in [6.07, 6.45) is 8.15. The molecule has 188 valence electrons. The molecule has 1 unspecified atom stereocenters. The van der Waals surface area contributed by atoms with Crippen LogP contribution in [-0.2, 0) is 10.0 Å². The third kappa shape index (κ3) is 3.71. The normalized spacial score (nSPS) is 27.5. The van der Waals surface area contributed by atoms with Gasteiger partial charge in [0.05, 0.1) is 5.69 Å². The number of hydrogen-bond donors (Lipinski definition) is 1. The van der Waals surface area contributed by atoms with E-state index in [2.05, 4.69) is 9.88 Å². The highest BCUT2D eigenvalue weighted by molar-refractivity contribution is 7.92. The highest BCUT2D eigenvalue weighted by Gasteiger charge is 2.61. The van der Waals surface area contributed by atoms with Crippen molar-refractivity contribution >= 4 is 33.1 Å². The van der Waals surface area contributed by atoms with Crippen LogP contribution in [0, 0.1) is 23.0 Å². The Balaban J connectivity index is 1.26. The van der Waals surface area contributed by atoms with Gasteiger partial charge in [-0.15, -0.1) is 0 Å². The summed E-state index contributed by atoms with van der Waals surface area (Å²) in [5.41, 5.74) is 0.626. The maximum absolute atomic E-state index is 15.3. The van der Waals surface area contributed by atoms with Crippen LogP contribution in [0.3, 0.4) is 0 Å². The Morgan fingerprint density at radius 1 is 1.09 bits per heavy atom. The van der Waals surface area contributed by atoms with Crippen LogP contribution in [-0.4, -0.2) is 49.5 Å². The van der Waals surface area contributed by atoms with Crippen LogP contribution in [0.1, 0.15) is 44.9 Å². The summed E-state index contributed by atoms with van der Waals surface area (Å²) < 4.78 is 71.1. The fourth-order valence-corrected chi connectivity index (χ4v) is 8.04. The SMILES string of the molecule is O=S(=O)(Nc1cccc(F)n1)c1c(F)cc(N2CC[C@@]3(CCC3N3CCCC34CC4)C2)c(Cl)c1F. The summed E-state index contributed by atoms with van der Waals surface area (Å²) >= 11 is 6.30. The minimum Gasteiger partial charge on any atom is -0.370 e. The summed E-state index contributed by atoms with van der Waals surface area (Å²) in [7, 11) is -4.74. The molecule has 35 heavy (non-hydrogen) atoms. The number of hydrogen-bond acceptors (Lipinski definition) is 5. The van der Waals surface area contributed by atoms with Gasteiger partial charge < -0.3 is 4.90 Å². The van der Waals surface area contributed by atoms with E-state index in [0.29, 0.717) is 24.7 Å². The molecule has 2 atom stereocenters. The van der Waals surface area contributed by atoms with Crippen molar-refractivity contribution in [1.82, 2.24) is 9.88 Å². The largest absolute Gasteiger partial charge is 0.370 e. The van der Waals surface area contributed by atoms with Gasteiger partial charge in [-0.2, -0.15) is 4.39 Å². The topological polar surface area (TPSA) is 65.5 Å². The van der Waals surface area contributed by atoms with Crippen LogP contribution in [0.5, 0.6) is 0 Å². The molecule has 3 heterocycles. The van der Waals surface area contributed by atoms with Gasteiger partial charge in [0, 0.05) is 36.2 Å². The van der Waals surface area contributed by atoms with Gasteiger partial charge in [0.2, 0.25) is 5.95 Å². The van der Waals surface area contributed by atoms with Crippen molar-refractivity contribution < 1.29 is 21.6 Å². The standard InChI is InChI=1S/C24H26ClF3N4O2S/c25-20-16(13-15(26)22(21(20)28)35(33,34)30-19-4-1-3-18(27)29-19)31-12-10-23(14-31)7-5-17(23)32-11-2-6-24(32)8-9-24/h1,3-4,13,17H,2,5-12,14H2,(H,29,30)/t17?,23-/m0/s1. The number of nitrogens with one attached hydrogen (secondary N) is 1. The van der Waals surface area contributed by atoms with Crippen LogP contribution in [0.4, 0.5) is 24.7 Å². The molecule has 1 aromatic heterocycles. The number of sulfonamides is 1. The maximum Gasteiger partial charge on any atom is 0.268 e. The Hall–Kier alpha value is -2.04. The molecular weight excluding hydrogens is 501 g/mol. The van der Waals surface area contributed by atoms with Crippen LogP contribution in [0.25, 0.3) is 0 Å². The first kappa shape index (κ1) is 23.4. The number of likely N-dealkylation sites (tertiary alicyclic amines) is 1. The molecule has 2 saturated carbocycles. The summed E-state index contributed by atoms with van der Waals surface area (Å²) in [5, 5.41) is -0.438. The first-order chi connectivity index (χ1) is 16.6. The molecule has 1 aromatic carbocycles. The summed E-state index contributed by atoms with van der Waals surface area (Å²) in [6.45, 7) is 2.37. The van der Waals surface area contributed by atoms with E-state index >= 15 is 8.78 Å². The second kappa shape index (κ2) is 7.98. The number of pyridine rings is 1. The monoisotopic (exact) mass is 526 g/mol. The molecule has 0 radical (unpaired) electrons. The second-order valence-electron chi connectivity index (χ2n) is 10.4. The first-order valence-corrected chi connectivity index (χ1v) is 13.8. The number of nitrogens with zero attached hydrogens (tertiary/aromatic N) is 3. The Morgan fingerprint density at radius 3 is 2.57 bits per heavy atom. The Bertz CT molecular complexity index is 1310. The molecular formula is C24H26ClF3N4O2S. The van der Waals surface area contributed by atoms with Crippen LogP contribution < -0.4 is 9.62 Å². The third-order valence-corrected chi connectivity index (χ3v) is 10.3. The molecule has 0 bridgehead atoms. The smallest absolute Gasteiger partial charge is 0.268 e. The van der Waals surface area contributed by atoms with E-state index in [9.17, 15) is 12.8 Å². The molecule has 4 aliphatic rings. The van der Waals surface area contributed by atoms with Crippen LogP contribution in [0.15, 0.2) is 29.2 Å². The number of halogens is 4. The summed E-state index contributed by atoms with van der Waals surface area (Å²) in [6, 6.07) is 4.90. The fraction of sp³-hybridized carbons (Fsp3) is 0.542. The zero-order chi connectivity index (χ0) is 24.6. The van der Waals surface area contributed by atoms with Gasteiger partial charge in [-0.25, -0.2) is 22.2 Å². The van der Waals surface area contributed by atoms with Crippen molar-refractivity contribution in [3.05, 3.63) is 46.9 Å². The van der Waals surface area contributed by atoms with Crippen molar-refractivity contribution in [1.29, 1.82) is 0 Å². The molecule has 11 heteroatoms. The van der Waals surface area contributed by atoms with E-state index in [1.807, 2.05) is 9.62 Å². The van der Waals surface area contributed by atoms with E-state index in [0.717, 1.165) is 37.9 Å². The average Bonchev–Trinajstić information content (AvgIpc) is 3.22. The molecule has 2 aromatic rings. The van der Waals surface area contributed by atoms with Gasteiger partial charge in [0.15, 0.2) is 10.7 Å². The highest BCUT2D eigenvalue weighted by Crippen LogP contribution is 2.59. The van der Waals surface area contributed by atoms with Crippen molar-refractivity contribution in [2.75, 3.05) is 29.3 Å². The van der Waals surface area contributed by atoms with Gasteiger partial charge in [0.1, 0.15) is 16.7 Å². The fourth-order valence-electron chi connectivity index (χ4n) is 6.57. The van der Waals surface area contributed by atoms with Gasteiger partial charge in [-0.05, 0) is 63.6 Å². The molecule has 6 nitrogen and oxygen atoms in total. The minimum absolute atomic E-state index is 0.0750. The second-order valence-corrected chi connectivity index (χ2v) is 12.4. The van der Waals surface area contributed by atoms with Gasteiger partial charge >= 0.3 is 0 Å². The Morgan fingerprint density at radius 2 is 1.89 bits per heavy atom. The lowest BCUT2D eigenvalue weighted by Crippen LogP contribution is -2.58. The van der Waals surface area contributed by atoms with Crippen LogP contribution >= 0.6 is 11.6 Å². The molecule has 4 fully saturated rings. The predicted molar refractivity (Wildman–Crippen MR) is 127 cm³/mol. The van der Waals surface area contributed by atoms with Crippen molar-refractivity contribution in [3.8, 4) is 0 Å². The lowest BCUT2D eigenvalue weighted by atomic mass is 9.63. The number of aromatic nitrogens is 1. The number of anilines is 2. The van der Waals surface area contributed by atoms with Crippen molar-refractivity contribution in [2.24, 2.45) is 5.41 Å². The van der Waals surface area contributed by atoms with E-state index in [1.165, 1.54) is 37.8 Å². The molecule has 6 rings (SSSR count). The molecule has 2 aliphatic heterocycles.